The number of anilines is 1. The molecule has 2 nitrogen and oxygen atoms in total. The number of hydrogen-bond donors (Lipinski definition) is 1. The molecule has 0 aliphatic rings. The highest BCUT2D eigenvalue weighted by Crippen LogP contribution is 2.28. The molecule has 0 unspecified atom stereocenters. The van der Waals surface area contributed by atoms with E-state index in [1.807, 2.05) is 12.1 Å². The van der Waals surface area contributed by atoms with E-state index in [-0.39, 0.29) is 0 Å². The quantitative estimate of drug-likeness (QED) is 0.630. The number of halogens is 1. The number of benzene rings is 3. The highest BCUT2D eigenvalue weighted by Gasteiger charge is 2.05. The fourth-order valence-corrected chi connectivity index (χ4v) is 3.00. The van der Waals surface area contributed by atoms with Gasteiger partial charge in [-0.2, -0.15) is 0 Å². The molecule has 0 radical (unpaired) electrons. The van der Waals surface area contributed by atoms with Crippen LogP contribution >= 0.6 is 22.6 Å². The Kier molecular flexibility index (Phi) is 4.29. The second-order valence-corrected chi connectivity index (χ2v) is 6.08. The Morgan fingerprint density at radius 3 is 2.52 bits per heavy atom. The number of ether oxygens (including phenoxy) is 1. The van der Waals surface area contributed by atoms with E-state index < -0.39 is 0 Å². The molecule has 0 bridgehead atoms. The van der Waals surface area contributed by atoms with Crippen LogP contribution in [0.5, 0.6) is 5.75 Å². The summed E-state index contributed by atoms with van der Waals surface area (Å²) in [7, 11) is 1.71. The van der Waals surface area contributed by atoms with Crippen LogP contribution in [0.4, 0.5) is 5.69 Å². The van der Waals surface area contributed by atoms with Crippen molar-refractivity contribution in [3.8, 4) is 5.75 Å². The molecule has 3 rings (SSSR count). The van der Waals surface area contributed by atoms with E-state index in [1.54, 1.807) is 7.11 Å². The number of methoxy groups -OCH3 is 1. The van der Waals surface area contributed by atoms with Gasteiger partial charge in [0.25, 0.3) is 0 Å². The smallest absolute Gasteiger partial charge is 0.126 e. The molecule has 0 atom stereocenters. The van der Waals surface area contributed by atoms with Gasteiger partial charge in [0.1, 0.15) is 5.75 Å². The highest BCUT2D eigenvalue weighted by atomic mass is 127. The van der Waals surface area contributed by atoms with Gasteiger partial charge in [-0.25, -0.2) is 0 Å². The minimum Gasteiger partial charge on any atom is -0.496 e. The summed E-state index contributed by atoms with van der Waals surface area (Å²) in [6, 6.07) is 20.9. The molecule has 0 fully saturated rings. The van der Waals surface area contributed by atoms with Crippen LogP contribution in [0.15, 0.2) is 60.7 Å². The van der Waals surface area contributed by atoms with Gasteiger partial charge in [-0.05, 0) is 57.8 Å². The predicted octanol–water partition coefficient (Wildman–Crippen LogP) is 5.07. The van der Waals surface area contributed by atoms with Crippen LogP contribution in [0.2, 0.25) is 0 Å². The van der Waals surface area contributed by atoms with E-state index >= 15 is 0 Å². The monoisotopic (exact) mass is 389 g/mol. The first-order chi connectivity index (χ1) is 10.3. The third-order valence-electron chi connectivity index (χ3n) is 3.50. The maximum Gasteiger partial charge on any atom is 0.126 e. The molecule has 106 valence electrons. The first-order valence-corrected chi connectivity index (χ1v) is 7.90. The Morgan fingerprint density at radius 2 is 1.76 bits per heavy atom. The summed E-state index contributed by atoms with van der Waals surface area (Å²) in [5.41, 5.74) is 2.41. The van der Waals surface area contributed by atoms with Crippen molar-refractivity contribution in [2.24, 2.45) is 0 Å². The number of nitrogens with one attached hydrogen (secondary N) is 1. The minimum atomic E-state index is 0.796. The number of hydrogen-bond acceptors (Lipinski definition) is 2. The summed E-state index contributed by atoms with van der Waals surface area (Å²) in [6.07, 6.45) is 0. The average molecular weight is 389 g/mol. The number of rotatable bonds is 4. The molecule has 0 spiro atoms. The molecule has 3 aromatic carbocycles. The molecule has 0 saturated heterocycles. The predicted molar refractivity (Wildman–Crippen MR) is 97.0 cm³/mol. The van der Waals surface area contributed by atoms with Crippen LogP contribution in [0.1, 0.15) is 5.56 Å². The second kappa shape index (κ2) is 6.35. The topological polar surface area (TPSA) is 21.3 Å². The molecule has 1 N–H and O–H groups in total. The van der Waals surface area contributed by atoms with Crippen LogP contribution in [0.25, 0.3) is 10.8 Å². The average Bonchev–Trinajstić information content (AvgIpc) is 2.52. The van der Waals surface area contributed by atoms with Gasteiger partial charge in [-0.1, -0.05) is 36.4 Å². The van der Waals surface area contributed by atoms with Gasteiger partial charge in [-0.15, -0.1) is 0 Å². The van der Waals surface area contributed by atoms with E-state index in [2.05, 4.69) is 76.4 Å². The maximum absolute atomic E-state index is 5.44. The first-order valence-electron chi connectivity index (χ1n) is 6.82. The van der Waals surface area contributed by atoms with Crippen LogP contribution < -0.4 is 10.1 Å². The van der Waals surface area contributed by atoms with Crippen LogP contribution in [0, 0.1) is 3.57 Å². The lowest BCUT2D eigenvalue weighted by Crippen LogP contribution is -2.00. The highest BCUT2D eigenvalue weighted by molar-refractivity contribution is 14.1. The van der Waals surface area contributed by atoms with Gasteiger partial charge < -0.3 is 10.1 Å². The van der Waals surface area contributed by atoms with Gasteiger partial charge in [0.2, 0.25) is 0 Å². The lowest BCUT2D eigenvalue weighted by molar-refractivity contribution is 0.419. The zero-order chi connectivity index (χ0) is 14.7. The first kappa shape index (κ1) is 14.2. The lowest BCUT2D eigenvalue weighted by Gasteiger charge is -2.12. The molecule has 21 heavy (non-hydrogen) atoms. The summed E-state index contributed by atoms with van der Waals surface area (Å²) in [4.78, 5) is 0. The third-order valence-corrected chi connectivity index (χ3v) is 4.17. The standard InChI is InChI=1S/C18H16INO/c1-21-18-10-9-13(16-7-2-3-8-17(16)18)12-20-15-6-4-5-14(19)11-15/h2-11,20H,12H2,1H3. The molecule has 0 saturated carbocycles. The summed E-state index contributed by atoms with van der Waals surface area (Å²) in [6.45, 7) is 0.796. The van der Waals surface area contributed by atoms with Gasteiger partial charge in [-0.3, -0.25) is 0 Å². The van der Waals surface area contributed by atoms with Crippen LogP contribution in [-0.4, -0.2) is 7.11 Å². The van der Waals surface area contributed by atoms with Gasteiger partial charge in [0, 0.05) is 21.2 Å². The second-order valence-electron chi connectivity index (χ2n) is 4.84. The summed E-state index contributed by atoms with van der Waals surface area (Å²) in [5, 5.41) is 5.87. The Labute approximate surface area is 138 Å². The van der Waals surface area contributed by atoms with Crippen molar-refractivity contribution in [3.05, 3.63) is 69.8 Å². The molecule has 0 aliphatic carbocycles. The fraction of sp³-hybridized carbons (Fsp3) is 0.111. The van der Waals surface area contributed by atoms with Crippen molar-refractivity contribution in [1.29, 1.82) is 0 Å². The Bertz CT molecular complexity index is 770. The summed E-state index contributed by atoms with van der Waals surface area (Å²) < 4.78 is 6.67. The normalized spacial score (nSPS) is 10.6. The molecule has 3 heteroatoms. The van der Waals surface area contributed by atoms with E-state index in [1.165, 1.54) is 14.5 Å². The van der Waals surface area contributed by atoms with Gasteiger partial charge in [0.15, 0.2) is 0 Å². The maximum atomic E-state index is 5.44. The van der Waals surface area contributed by atoms with Crippen LogP contribution in [-0.2, 0) is 6.54 Å². The molecular formula is C18H16INO. The largest absolute Gasteiger partial charge is 0.496 e. The molecule has 0 aromatic heterocycles. The van der Waals surface area contributed by atoms with Crippen molar-refractivity contribution in [2.45, 2.75) is 6.54 Å². The lowest BCUT2D eigenvalue weighted by atomic mass is 10.0. The SMILES string of the molecule is COc1ccc(CNc2cccc(I)c2)c2ccccc12. The van der Waals surface area contributed by atoms with E-state index in [0.29, 0.717) is 0 Å². The molecular weight excluding hydrogens is 373 g/mol. The van der Waals surface area contributed by atoms with Crippen molar-refractivity contribution in [3.63, 3.8) is 0 Å². The van der Waals surface area contributed by atoms with Crippen molar-refractivity contribution in [1.82, 2.24) is 0 Å². The molecule has 0 aliphatic heterocycles. The van der Waals surface area contributed by atoms with Crippen molar-refractivity contribution in [2.75, 3.05) is 12.4 Å². The summed E-state index contributed by atoms with van der Waals surface area (Å²) in [5.74, 6) is 0.920. The zero-order valence-corrected chi connectivity index (χ0v) is 13.9. The minimum absolute atomic E-state index is 0.796. The van der Waals surface area contributed by atoms with Crippen molar-refractivity contribution >= 4 is 39.1 Å². The number of fused-ring (bicyclic) bond motifs is 1. The van der Waals surface area contributed by atoms with E-state index in [9.17, 15) is 0 Å². The Morgan fingerprint density at radius 1 is 0.952 bits per heavy atom. The fourth-order valence-electron chi connectivity index (χ4n) is 2.46. The molecule has 0 amide bonds. The Hall–Kier alpha value is -1.75. The molecule has 0 heterocycles. The zero-order valence-electron chi connectivity index (χ0n) is 11.8. The summed E-state index contributed by atoms with van der Waals surface area (Å²) >= 11 is 2.33. The van der Waals surface area contributed by atoms with Crippen molar-refractivity contribution < 1.29 is 4.74 Å². The Balaban J connectivity index is 1.91. The van der Waals surface area contributed by atoms with Gasteiger partial charge >= 0.3 is 0 Å². The third kappa shape index (κ3) is 3.13. The van der Waals surface area contributed by atoms with E-state index in [4.69, 9.17) is 4.74 Å². The van der Waals surface area contributed by atoms with Gasteiger partial charge in [0.05, 0.1) is 7.11 Å². The molecule has 3 aromatic rings. The van der Waals surface area contributed by atoms with Crippen LogP contribution in [0.3, 0.4) is 0 Å². The van der Waals surface area contributed by atoms with E-state index in [0.717, 1.165) is 23.4 Å².